The molecule has 24 heavy (non-hydrogen) atoms. The van der Waals surface area contributed by atoms with Crippen molar-refractivity contribution in [3.63, 3.8) is 0 Å². The Morgan fingerprint density at radius 2 is 1.79 bits per heavy atom. The molecule has 0 bridgehead atoms. The molecule has 0 unspecified atom stereocenters. The first-order valence-corrected chi connectivity index (χ1v) is 8.63. The minimum atomic E-state index is 0.704. The van der Waals surface area contributed by atoms with Gasteiger partial charge in [0, 0.05) is 11.6 Å². The zero-order valence-corrected chi connectivity index (χ0v) is 14.2. The van der Waals surface area contributed by atoms with Gasteiger partial charge in [0.05, 0.1) is 23.3 Å². The lowest BCUT2D eigenvalue weighted by atomic mass is 10.1. The van der Waals surface area contributed by atoms with Crippen LogP contribution in [0.1, 0.15) is 10.8 Å². The van der Waals surface area contributed by atoms with Crippen molar-refractivity contribution in [2.24, 2.45) is 0 Å². The summed E-state index contributed by atoms with van der Waals surface area (Å²) in [4.78, 5) is 6.87. The third kappa shape index (κ3) is 3.22. The van der Waals surface area contributed by atoms with Crippen LogP contribution in [0.4, 0.5) is 0 Å². The Balaban J connectivity index is 1.44. The maximum absolute atomic E-state index is 5.48. The molecule has 2 aromatic carbocycles. The number of aromatic nitrogens is 2. The number of para-hydroxylation sites is 1. The van der Waals surface area contributed by atoms with E-state index < -0.39 is 0 Å². The fourth-order valence-electron chi connectivity index (χ4n) is 2.67. The van der Waals surface area contributed by atoms with Gasteiger partial charge in [0.15, 0.2) is 5.76 Å². The Hall–Kier alpha value is -2.50. The second kappa shape index (κ2) is 6.55. The highest BCUT2D eigenvalue weighted by atomic mass is 32.1. The minimum Gasteiger partial charge on any atom is -0.359 e. The summed E-state index contributed by atoms with van der Waals surface area (Å²) in [6.45, 7) is 1.50. The van der Waals surface area contributed by atoms with Gasteiger partial charge in [-0.05, 0) is 19.2 Å². The first-order valence-electron chi connectivity index (χ1n) is 7.82. The summed E-state index contributed by atoms with van der Waals surface area (Å²) in [7, 11) is 2.07. The first-order chi connectivity index (χ1) is 11.8. The Kier molecular flexibility index (Phi) is 4.11. The normalized spacial score (nSPS) is 11.4. The highest BCUT2D eigenvalue weighted by Crippen LogP contribution is 2.23. The molecule has 0 radical (unpaired) electrons. The van der Waals surface area contributed by atoms with E-state index in [1.54, 1.807) is 11.3 Å². The number of thiazole rings is 1. The molecule has 120 valence electrons. The van der Waals surface area contributed by atoms with Gasteiger partial charge in [-0.1, -0.05) is 47.6 Å². The maximum Gasteiger partial charge on any atom is 0.151 e. The van der Waals surface area contributed by atoms with Crippen molar-refractivity contribution in [1.29, 1.82) is 0 Å². The van der Waals surface area contributed by atoms with E-state index in [2.05, 4.69) is 34.2 Å². The number of hydrogen-bond acceptors (Lipinski definition) is 5. The van der Waals surface area contributed by atoms with Crippen molar-refractivity contribution < 1.29 is 4.52 Å². The molecule has 2 aromatic heterocycles. The van der Waals surface area contributed by atoms with E-state index in [9.17, 15) is 0 Å². The quantitative estimate of drug-likeness (QED) is 0.535. The number of rotatable bonds is 5. The van der Waals surface area contributed by atoms with E-state index in [1.165, 1.54) is 4.70 Å². The Morgan fingerprint density at radius 3 is 2.62 bits per heavy atom. The first kappa shape index (κ1) is 15.1. The molecule has 0 saturated heterocycles. The van der Waals surface area contributed by atoms with Crippen LogP contribution in [0.15, 0.2) is 65.2 Å². The van der Waals surface area contributed by atoms with E-state index in [0.717, 1.165) is 34.1 Å². The highest BCUT2D eigenvalue weighted by molar-refractivity contribution is 7.18. The van der Waals surface area contributed by atoms with Crippen LogP contribution in [0.25, 0.3) is 21.5 Å². The Labute approximate surface area is 144 Å². The molecule has 0 atom stereocenters. The molecule has 2 heterocycles. The standard InChI is InChI=1S/C19H17N3OS/c1-22(13-19-20-16-9-5-6-10-18(16)24-19)12-15-11-17(21-23-15)14-7-3-2-4-8-14/h2-11H,12-13H2,1H3. The molecule has 4 nitrogen and oxygen atoms in total. The zero-order valence-electron chi connectivity index (χ0n) is 13.3. The molecule has 4 aromatic rings. The zero-order chi connectivity index (χ0) is 16.4. The average molecular weight is 335 g/mol. The predicted octanol–water partition coefficient (Wildman–Crippen LogP) is 4.58. The summed E-state index contributed by atoms with van der Waals surface area (Å²) >= 11 is 1.74. The molecule has 0 aliphatic rings. The molecule has 4 rings (SSSR count). The molecular weight excluding hydrogens is 318 g/mol. The molecule has 0 amide bonds. The van der Waals surface area contributed by atoms with Crippen LogP contribution in [0, 0.1) is 0 Å². The van der Waals surface area contributed by atoms with Gasteiger partial charge in [-0.15, -0.1) is 11.3 Å². The van der Waals surface area contributed by atoms with Crippen molar-refractivity contribution in [2.75, 3.05) is 7.05 Å². The molecule has 0 aliphatic heterocycles. The van der Waals surface area contributed by atoms with Gasteiger partial charge in [0.25, 0.3) is 0 Å². The monoisotopic (exact) mass is 335 g/mol. The summed E-state index contributed by atoms with van der Waals surface area (Å²) in [5.74, 6) is 0.859. The third-order valence-electron chi connectivity index (χ3n) is 3.80. The van der Waals surface area contributed by atoms with E-state index in [1.807, 2.05) is 48.5 Å². The van der Waals surface area contributed by atoms with Crippen LogP contribution in [-0.2, 0) is 13.1 Å². The minimum absolute atomic E-state index is 0.704. The van der Waals surface area contributed by atoms with Crippen LogP contribution < -0.4 is 0 Å². The van der Waals surface area contributed by atoms with Crippen LogP contribution in [-0.4, -0.2) is 22.1 Å². The van der Waals surface area contributed by atoms with Crippen molar-refractivity contribution in [2.45, 2.75) is 13.1 Å². The summed E-state index contributed by atoms with van der Waals surface area (Å²) in [6, 6.07) is 20.3. The molecule has 0 saturated carbocycles. The number of hydrogen-bond donors (Lipinski definition) is 0. The smallest absolute Gasteiger partial charge is 0.151 e. The van der Waals surface area contributed by atoms with Crippen molar-refractivity contribution in [3.05, 3.63) is 71.4 Å². The van der Waals surface area contributed by atoms with Crippen LogP contribution in [0.2, 0.25) is 0 Å². The van der Waals surface area contributed by atoms with Crippen LogP contribution >= 0.6 is 11.3 Å². The number of benzene rings is 2. The van der Waals surface area contributed by atoms with E-state index in [-0.39, 0.29) is 0 Å². The summed E-state index contributed by atoms with van der Waals surface area (Å²) in [5.41, 5.74) is 3.01. The molecule has 0 spiro atoms. The fraction of sp³-hybridized carbons (Fsp3) is 0.158. The molecule has 5 heteroatoms. The fourth-order valence-corrected chi connectivity index (χ4v) is 3.72. The SMILES string of the molecule is CN(Cc1cc(-c2ccccc2)no1)Cc1nc2ccccc2s1. The predicted molar refractivity (Wildman–Crippen MR) is 96.7 cm³/mol. The average Bonchev–Trinajstić information content (AvgIpc) is 3.21. The van der Waals surface area contributed by atoms with E-state index in [4.69, 9.17) is 4.52 Å². The Morgan fingerprint density at radius 1 is 1.00 bits per heavy atom. The van der Waals surface area contributed by atoms with Crippen molar-refractivity contribution >= 4 is 21.6 Å². The van der Waals surface area contributed by atoms with Gasteiger partial charge >= 0.3 is 0 Å². The largest absolute Gasteiger partial charge is 0.359 e. The maximum atomic E-state index is 5.48. The van der Waals surface area contributed by atoms with Gasteiger partial charge in [0.1, 0.15) is 10.7 Å². The second-order valence-corrected chi connectivity index (χ2v) is 6.91. The van der Waals surface area contributed by atoms with E-state index >= 15 is 0 Å². The number of nitrogens with zero attached hydrogens (tertiary/aromatic N) is 3. The molecular formula is C19H17N3OS. The Bertz CT molecular complexity index is 912. The molecule has 0 fully saturated rings. The van der Waals surface area contributed by atoms with Gasteiger partial charge in [-0.25, -0.2) is 4.98 Å². The second-order valence-electron chi connectivity index (χ2n) is 5.79. The lowest BCUT2D eigenvalue weighted by Crippen LogP contribution is -2.16. The van der Waals surface area contributed by atoms with Crippen molar-refractivity contribution in [1.82, 2.24) is 15.0 Å². The van der Waals surface area contributed by atoms with Crippen LogP contribution in [0.5, 0.6) is 0 Å². The third-order valence-corrected chi connectivity index (χ3v) is 4.82. The molecule has 0 N–H and O–H groups in total. The van der Waals surface area contributed by atoms with Crippen LogP contribution in [0.3, 0.4) is 0 Å². The summed E-state index contributed by atoms with van der Waals surface area (Å²) in [5, 5.41) is 5.28. The van der Waals surface area contributed by atoms with Gasteiger partial charge in [-0.3, -0.25) is 4.90 Å². The topological polar surface area (TPSA) is 42.2 Å². The van der Waals surface area contributed by atoms with Gasteiger partial charge in [0.2, 0.25) is 0 Å². The lowest BCUT2D eigenvalue weighted by molar-refractivity contribution is 0.267. The van der Waals surface area contributed by atoms with Gasteiger partial charge < -0.3 is 4.52 Å². The highest BCUT2D eigenvalue weighted by Gasteiger charge is 2.11. The summed E-state index contributed by atoms with van der Waals surface area (Å²) < 4.78 is 6.71. The lowest BCUT2D eigenvalue weighted by Gasteiger charge is -2.12. The van der Waals surface area contributed by atoms with Gasteiger partial charge in [-0.2, -0.15) is 0 Å². The summed E-state index contributed by atoms with van der Waals surface area (Å²) in [6.07, 6.45) is 0. The number of fused-ring (bicyclic) bond motifs is 1. The van der Waals surface area contributed by atoms with E-state index in [0.29, 0.717) is 6.54 Å². The van der Waals surface area contributed by atoms with Crippen molar-refractivity contribution in [3.8, 4) is 11.3 Å². The molecule has 0 aliphatic carbocycles.